The van der Waals surface area contributed by atoms with Crippen molar-refractivity contribution in [2.45, 2.75) is 12.1 Å². The fraction of sp³-hybridized carbons (Fsp3) is 0.130. The molecule has 0 aliphatic carbocycles. The number of carbonyl (C=O) groups excluding carboxylic acids is 2. The molecule has 166 valence electrons. The van der Waals surface area contributed by atoms with E-state index in [1.54, 1.807) is 60.7 Å². The van der Waals surface area contributed by atoms with E-state index < -0.39 is 34.8 Å². The number of nitrogens with zero attached hydrogens (tertiary/aromatic N) is 3. The minimum Gasteiger partial charge on any atom is -0.273 e. The Morgan fingerprint density at radius 2 is 1.55 bits per heavy atom. The van der Waals surface area contributed by atoms with Crippen LogP contribution < -0.4 is 9.96 Å². The lowest BCUT2D eigenvalue weighted by molar-refractivity contribution is -0.384. The summed E-state index contributed by atoms with van der Waals surface area (Å²) in [5.74, 6) is -1.87. The normalized spacial score (nSPS) is 22.1. The summed E-state index contributed by atoms with van der Waals surface area (Å²) in [6, 6.07) is 18.5. The van der Waals surface area contributed by atoms with E-state index in [9.17, 15) is 19.7 Å². The lowest BCUT2D eigenvalue weighted by Crippen LogP contribution is -2.37. The third-order valence-corrected chi connectivity index (χ3v) is 6.31. The number of nitro groups is 1. The van der Waals surface area contributed by atoms with Crippen molar-refractivity contribution in [3.63, 3.8) is 0 Å². The van der Waals surface area contributed by atoms with Gasteiger partial charge in [0.1, 0.15) is 5.92 Å². The molecule has 3 aromatic rings. The minimum absolute atomic E-state index is 0.0845. The van der Waals surface area contributed by atoms with Gasteiger partial charge in [-0.25, -0.2) is 9.96 Å². The highest BCUT2D eigenvalue weighted by molar-refractivity contribution is 6.36. The van der Waals surface area contributed by atoms with Crippen molar-refractivity contribution < 1.29 is 19.3 Å². The molecule has 5 rings (SSSR count). The Hall–Kier alpha value is -3.46. The van der Waals surface area contributed by atoms with Gasteiger partial charge in [-0.3, -0.25) is 24.5 Å². The number of hydrogen-bond acceptors (Lipinski definition) is 6. The molecule has 2 aliphatic heterocycles. The number of fused-ring (bicyclic) bond motifs is 1. The van der Waals surface area contributed by atoms with E-state index in [1.807, 2.05) is 0 Å². The monoisotopic (exact) mass is 483 g/mol. The predicted octanol–water partition coefficient (Wildman–Crippen LogP) is 4.95. The molecule has 2 fully saturated rings. The molecule has 33 heavy (non-hydrogen) atoms. The molecule has 3 atom stereocenters. The second-order valence-electron chi connectivity index (χ2n) is 7.61. The second kappa shape index (κ2) is 8.15. The molecule has 2 aliphatic rings. The molecule has 0 N–H and O–H groups in total. The van der Waals surface area contributed by atoms with Gasteiger partial charge in [0.05, 0.1) is 27.4 Å². The fourth-order valence-electron chi connectivity index (χ4n) is 4.23. The van der Waals surface area contributed by atoms with Crippen LogP contribution in [0, 0.1) is 16.0 Å². The summed E-state index contributed by atoms with van der Waals surface area (Å²) in [5, 5.41) is 13.4. The number of benzene rings is 3. The first-order chi connectivity index (χ1) is 15.9. The maximum Gasteiger partial charge on any atom is 0.269 e. The van der Waals surface area contributed by atoms with Crippen LogP contribution in [0.1, 0.15) is 11.6 Å². The van der Waals surface area contributed by atoms with Gasteiger partial charge in [-0.05, 0) is 42.0 Å². The van der Waals surface area contributed by atoms with Crippen molar-refractivity contribution in [3.05, 3.63) is 98.5 Å². The number of para-hydroxylation sites is 1. The number of amides is 2. The number of hydroxylamine groups is 1. The van der Waals surface area contributed by atoms with Crippen LogP contribution in [-0.2, 0) is 14.4 Å². The number of imide groups is 1. The Bertz CT molecular complexity index is 1270. The average Bonchev–Trinajstić information content (AvgIpc) is 3.31. The molecule has 2 saturated heterocycles. The van der Waals surface area contributed by atoms with E-state index in [0.29, 0.717) is 16.3 Å². The zero-order valence-electron chi connectivity index (χ0n) is 16.8. The van der Waals surface area contributed by atoms with Crippen LogP contribution in [0.2, 0.25) is 10.0 Å². The zero-order valence-corrected chi connectivity index (χ0v) is 18.3. The van der Waals surface area contributed by atoms with Crippen LogP contribution in [0.3, 0.4) is 0 Å². The molecule has 2 amide bonds. The van der Waals surface area contributed by atoms with Gasteiger partial charge < -0.3 is 0 Å². The summed E-state index contributed by atoms with van der Waals surface area (Å²) in [5.41, 5.74) is 1.37. The Kier molecular flexibility index (Phi) is 5.28. The lowest BCUT2D eigenvalue weighted by Gasteiger charge is -2.29. The maximum atomic E-state index is 13.6. The Labute approximate surface area is 198 Å². The molecule has 8 nitrogen and oxygen atoms in total. The zero-order chi connectivity index (χ0) is 23.3. The van der Waals surface area contributed by atoms with Crippen LogP contribution in [0.25, 0.3) is 0 Å². The summed E-state index contributed by atoms with van der Waals surface area (Å²) in [7, 11) is 0. The topological polar surface area (TPSA) is 93.0 Å². The predicted molar refractivity (Wildman–Crippen MR) is 122 cm³/mol. The number of halogens is 2. The van der Waals surface area contributed by atoms with E-state index in [1.165, 1.54) is 17.2 Å². The Morgan fingerprint density at radius 3 is 2.18 bits per heavy atom. The van der Waals surface area contributed by atoms with Crippen molar-refractivity contribution >= 4 is 52.1 Å². The van der Waals surface area contributed by atoms with Crippen molar-refractivity contribution in [1.82, 2.24) is 0 Å². The van der Waals surface area contributed by atoms with E-state index in [4.69, 9.17) is 28.0 Å². The summed E-state index contributed by atoms with van der Waals surface area (Å²) in [6.45, 7) is 0. The second-order valence-corrected chi connectivity index (χ2v) is 8.45. The van der Waals surface area contributed by atoms with Gasteiger partial charge >= 0.3 is 0 Å². The molecule has 10 heteroatoms. The van der Waals surface area contributed by atoms with Crippen LogP contribution in [0.4, 0.5) is 17.1 Å². The summed E-state index contributed by atoms with van der Waals surface area (Å²) >= 11 is 12.3. The van der Waals surface area contributed by atoms with Gasteiger partial charge in [0.25, 0.3) is 11.6 Å². The highest BCUT2D eigenvalue weighted by Gasteiger charge is 2.60. The third kappa shape index (κ3) is 3.52. The quantitative estimate of drug-likeness (QED) is 0.296. The highest BCUT2D eigenvalue weighted by Crippen LogP contribution is 2.48. The number of anilines is 2. The number of carbonyl (C=O) groups is 2. The molecule has 0 radical (unpaired) electrons. The van der Waals surface area contributed by atoms with E-state index in [2.05, 4.69) is 0 Å². The minimum atomic E-state index is -1.08. The molecular formula is C23H15Cl2N3O5. The third-order valence-electron chi connectivity index (χ3n) is 5.74. The van der Waals surface area contributed by atoms with Crippen LogP contribution in [-0.4, -0.2) is 22.8 Å². The number of non-ortho nitro benzene ring substituents is 1. The van der Waals surface area contributed by atoms with Crippen molar-refractivity contribution in [2.75, 3.05) is 9.96 Å². The number of hydrogen-bond donors (Lipinski definition) is 0. The molecule has 0 saturated carbocycles. The van der Waals surface area contributed by atoms with Gasteiger partial charge in [-0.2, -0.15) is 0 Å². The van der Waals surface area contributed by atoms with Crippen LogP contribution in [0.5, 0.6) is 0 Å². The molecule has 3 unspecified atom stereocenters. The van der Waals surface area contributed by atoms with Crippen molar-refractivity contribution in [1.29, 1.82) is 0 Å². The summed E-state index contributed by atoms with van der Waals surface area (Å²) in [6.07, 6.45) is -1.08. The average molecular weight is 484 g/mol. The highest BCUT2D eigenvalue weighted by atomic mass is 35.5. The van der Waals surface area contributed by atoms with Crippen molar-refractivity contribution in [3.8, 4) is 0 Å². The van der Waals surface area contributed by atoms with Crippen LogP contribution in [0.15, 0.2) is 72.8 Å². The first-order valence-electron chi connectivity index (χ1n) is 9.95. The van der Waals surface area contributed by atoms with E-state index >= 15 is 0 Å². The summed E-state index contributed by atoms with van der Waals surface area (Å²) in [4.78, 5) is 44.5. The molecule has 2 heterocycles. The van der Waals surface area contributed by atoms with E-state index in [0.717, 1.165) is 4.90 Å². The lowest BCUT2D eigenvalue weighted by atomic mass is 9.90. The largest absolute Gasteiger partial charge is 0.273 e. The smallest absolute Gasteiger partial charge is 0.269 e. The Morgan fingerprint density at radius 1 is 0.879 bits per heavy atom. The Balaban J connectivity index is 1.59. The molecule has 0 bridgehead atoms. The molecule has 0 aromatic heterocycles. The fourth-order valence-corrected chi connectivity index (χ4v) is 4.58. The van der Waals surface area contributed by atoms with E-state index in [-0.39, 0.29) is 16.4 Å². The van der Waals surface area contributed by atoms with Crippen molar-refractivity contribution in [2.24, 2.45) is 5.92 Å². The van der Waals surface area contributed by atoms with Gasteiger partial charge in [0.2, 0.25) is 5.91 Å². The first kappa shape index (κ1) is 21.4. The number of nitro benzene ring substituents is 1. The first-order valence-corrected chi connectivity index (χ1v) is 10.7. The maximum absolute atomic E-state index is 13.6. The number of rotatable bonds is 4. The van der Waals surface area contributed by atoms with Gasteiger partial charge in [-0.1, -0.05) is 47.5 Å². The molecule has 3 aromatic carbocycles. The molecule has 0 spiro atoms. The summed E-state index contributed by atoms with van der Waals surface area (Å²) < 4.78 is 0. The van der Waals surface area contributed by atoms with Gasteiger partial charge in [-0.15, -0.1) is 0 Å². The standard InChI is InChI=1S/C23H15Cl2N3O5/c24-14-7-11-15(12-8-14)27-20(13-5-9-16(10-6-13)28(31)32)19-21(33-27)23(30)26(22(19)29)18-4-2-1-3-17(18)25/h1-12,19-21H. The molecular weight excluding hydrogens is 469 g/mol. The van der Waals surface area contributed by atoms with Gasteiger partial charge in [0.15, 0.2) is 6.10 Å². The van der Waals surface area contributed by atoms with Crippen LogP contribution >= 0.6 is 23.2 Å². The SMILES string of the molecule is O=C1C2ON(c3ccc(Cl)cc3)C(c3ccc([N+](=O)[O-])cc3)C2C(=O)N1c1ccccc1Cl. The van der Waals surface area contributed by atoms with Gasteiger partial charge in [0, 0.05) is 17.2 Å².